The fraction of sp³-hybridized carbons (Fsp3) is 0.263. The monoisotopic (exact) mass is 405 g/mol. The van der Waals surface area contributed by atoms with Crippen LogP contribution < -0.4 is 11.0 Å². The maximum Gasteiger partial charge on any atom is 0.328 e. The van der Waals surface area contributed by atoms with E-state index in [-0.39, 0.29) is 33.0 Å². The lowest BCUT2D eigenvalue weighted by molar-refractivity contribution is -0.118. The SMILES string of the molecule is CC(C)C(=O)Nc1cc2c(cc1S(=O)(=O)c1ccc(F)cc1)n(C)c(=O)n2C. The quantitative estimate of drug-likeness (QED) is 0.675. The smallest absolute Gasteiger partial charge is 0.325 e. The number of nitrogens with zero attached hydrogens (tertiary/aromatic N) is 2. The number of hydrogen-bond donors (Lipinski definition) is 1. The van der Waals surface area contributed by atoms with Crippen molar-refractivity contribution in [3.63, 3.8) is 0 Å². The number of rotatable bonds is 4. The van der Waals surface area contributed by atoms with E-state index in [1.807, 2.05) is 0 Å². The zero-order chi connectivity index (χ0) is 20.8. The molecule has 0 saturated carbocycles. The maximum absolute atomic E-state index is 13.2. The highest BCUT2D eigenvalue weighted by Crippen LogP contribution is 2.32. The number of sulfone groups is 1. The molecule has 3 aromatic rings. The minimum Gasteiger partial charge on any atom is -0.325 e. The van der Waals surface area contributed by atoms with Crippen molar-refractivity contribution in [2.45, 2.75) is 23.6 Å². The molecule has 2 aromatic carbocycles. The van der Waals surface area contributed by atoms with Crippen LogP contribution in [0.5, 0.6) is 0 Å². The molecule has 0 unspecified atom stereocenters. The lowest BCUT2D eigenvalue weighted by atomic mass is 10.2. The van der Waals surface area contributed by atoms with Crippen molar-refractivity contribution in [1.29, 1.82) is 0 Å². The summed E-state index contributed by atoms with van der Waals surface area (Å²) in [6.07, 6.45) is 0. The molecule has 0 atom stereocenters. The predicted molar refractivity (Wildman–Crippen MR) is 103 cm³/mol. The van der Waals surface area contributed by atoms with Crippen molar-refractivity contribution >= 4 is 32.5 Å². The fourth-order valence-corrected chi connectivity index (χ4v) is 4.28. The Labute approximate surface area is 161 Å². The topological polar surface area (TPSA) is 90.2 Å². The Hall–Kier alpha value is -2.94. The summed E-state index contributed by atoms with van der Waals surface area (Å²) in [5.74, 6) is -1.30. The molecule has 0 bridgehead atoms. The number of carbonyl (C=O) groups excluding carboxylic acids is 1. The van der Waals surface area contributed by atoms with Gasteiger partial charge in [-0.1, -0.05) is 13.8 Å². The van der Waals surface area contributed by atoms with Crippen LogP contribution in [-0.4, -0.2) is 23.5 Å². The molecule has 1 aromatic heterocycles. The number of benzene rings is 2. The summed E-state index contributed by atoms with van der Waals surface area (Å²) in [7, 11) is -0.980. The number of nitrogens with one attached hydrogen (secondary N) is 1. The van der Waals surface area contributed by atoms with E-state index in [4.69, 9.17) is 0 Å². The Balaban J connectivity index is 2.32. The zero-order valence-electron chi connectivity index (χ0n) is 15.9. The first-order valence-corrected chi connectivity index (χ1v) is 10.0. The Bertz CT molecular complexity index is 1240. The van der Waals surface area contributed by atoms with Crippen molar-refractivity contribution in [2.24, 2.45) is 20.0 Å². The fourth-order valence-electron chi connectivity index (χ4n) is 2.86. The zero-order valence-corrected chi connectivity index (χ0v) is 16.7. The van der Waals surface area contributed by atoms with Crippen molar-refractivity contribution < 1.29 is 17.6 Å². The van der Waals surface area contributed by atoms with Gasteiger partial charge in [-0.25, -0.2) is 17.6 Å². The van der Waals surface area contributed by atoms with E-state index < -0.39 is 15.7 Å². The summed E-state index contributed by atoms with van der Waals surface area (Å²) in [6, 6.07) is 7.24. The van der Waals surface area contributed by atoms with Gasteiger partial charge in [0.2, 0.25) is 15.7 Å². The van der Waals surface area contributed by atoms with Crippen LogP contribution in [0.4, 0.5) is 10.1 Å². The Morgan fingerprint density at radius 1 is 1.04 bits per heavy atom. The minimum atomic E-state index is -4.08. The van der Waals surface area contributed by atoms with E-state index >= 15 is 0 Å². The normalized spacial score (nSPS) is 11.9. The van der Waals surface area contributed by atoms with Gasteiger partial charge >= 0.3 is 5.69 Å². The number of hydrogen-bond acceptors (Lipinski definition) is 4. The van der Waals surface area contributed by atoms with E-state index in [9.17, 15) is 22.4 Å². The van der Waals surface area contributed by atoms with Gasteiger partial charge in [0.1, 0.15) is 5.82 Å². The number of fused-ring (bicyclic) bond motifs is 1. The van der Waals surface area contributed by atoms with Crippen LogP contribution >= 0.6 is 0 Å². The van der Waals surface area contributed by atoms with Crippen molar-refractivity contribution in [2.75, 3.05) is 5.32 Å². The van der Waals surface area contributed by atoms with E-state index in [1.54, 1.807) is 20.9 Å². The number of halogens is 1. The average Bonchev–Trinajstić information content (AvgIpc) is 2.85. The minimum absolute atomic E-state index is 0.0664. The molecule has 0 aliphatic carbocycles. The van der Waals surface area contributed by atoms with Crippen LogP contribution in [0.3, 0.4) is 0 Å². The standard InChI is InChI=1S/C19H20FN3O4S/c1-11(2)18(24)21-14-9-15-16(23(4)19(25)22(15)3)10-17(14)28(26,27)13-7-5-12(20)6-8-13/h5-11H,1-4H3,(H,21,24). The van der Waals surface area contributed by atoms with Crippen LogP contribution in [0.15, 0.2) is 51.0 Å². The molecular formula is C19H20FN3O4S. The highest BCUT2D eigenvalue weighted by molar-refractivity contribution is 7.91. The van der Waals surface area contributed by atoms with Crippen LogP contribution in [0.25, 0.3) is 11.0 Å². The first kappa shape index (κ1) is 19.8. The Morgan fingerprint density at radius 3 is 2.11 bits per heavy atom. The number of amides is 1. The summed E-state index contributed by atoms with van der Waals surface area (Å²) in [5, 5.41) is 2.63. The van der Waals surface area contributed by atoms with Crippen LogP contribution in [0.2, 0.25) is 0 Å². The van der Waals surface area contributed by atoms with Crippen molar-refractivity contribution in [3.05, 3.63) is 52.7 Å². The van der Waals surface area contributed by atoms with Gasteiger partial charge in [0.25, 0.3) is 0 Å². The molecule has 3 rings (SSSR count). The third kappa shape index (κ3) is 3.22. The van der Waals surface area contributed by atoms with Gasteiger partial charge in [0, 0.05) is 20.0 Å². The molecule has 0 radical (unpaired) electrons. The summed E-state index contributed by atoms with van der Waals surface area (Å²) in [6.45, 7) is 3.36. The molecule has 0 saturated heterocycles. The third-order valence-corrected chi connectivity index (χ3v) is 6.38. The highest BCUT2D eigenvalue weighted by Gasteiger charge is 2.25. The summed E-state index contributed by atoms with van der Waals surface area (Å²) in [5.41, 5.74) is 0.615. The molecule has 0 spiro atoms. The largest absolute Gasteiger partial charge is 0.328 e. The van der Waals surface area contributed by atoms with Crippen molar-refractivity contribution in [3.8, 4) is 0 Å². The molecule has 1 amide bonds. The summed E-state index contributed by atoms with van der Waals surface area (Å²) in [4.78, 5) is 24.2. The molecule has 9 heteroatoms. The molecule has 7 nitrogen and oxygen atoms in total. The molecule has 0 aliphatic rings. The van der Waals surface area contributed by atoms with Gasteiger partial charge in [-0.15, -0.1) is 0 Å². The maximum atomic E-state index is 13.2. The number of aryl methyl sites for hydroxylation is 2. The second-order valence-corrected chi connectivity index (χ2v) is 8.76. The van der Waals surface area contributed by atoms with Gasteiger partial charge in [0.05, 0.1) is 26.5 Å². The van der Waals surface area contributed by atoms with Gasteiger partial charge in [-0.05, 0) is 36.4 Å². The van der Waals surface area contributed by atoms with Gasteiger partial charge in [-0.2, -0.15) is 0 Å². The molecular weight excluding hydrogens is 385 g/mol. The van der Waals surface area contributed by atoms with E-state index in [0.29, 0.717) is 11.0 Å². The average molecular weight is 405 g/mol. The Kier molecular flexibility index (Phi) is 4.88. The van der Waals surface area contributed by atoms with Gasteiger partial charge < -0.3 is 5.32 Å². The molecule has 28 heavy (non-hydrogen) atoms. The molecule has 0 aliphatic heterocycles. The van der Waals surface area contributed by atoms with Crippen LogP contribution in [-0.2, 0) is 28.7 Å². The van der Waals surface area contributed by atoms with Crippen molar-refractivity contribution in [1.82, 2.24) is 9.13 Å². The third-order valence-electron chi connectivity index (χ3n) is 4.57. The number of imidazole rings is 1. The molecule has 0 fully saturated rings. The van der Waals surface area contributed by atoms with Gasteiger partial charge in [-0.3, -0.25) is 13.9 Å². The molecule has 1 heterocycles. The van der Waals surface area contributed by atoms with Crippen LogP contribution in [0, 0.1) is 11.7 Å². The lowest BCUT2D eigenvalue weighted by Gasteiger charge is -2.14. The van der Waals surface area contributed by atoms with E-state index in [0.717, 1.165) is 24.3 Å². The molecule has 148 valence electrons. The number of carbonyl (C=O) groups is 1. The highest BCUT2D eigenvalue weighted by atomic mass is 32.2. The first-order valence-electron chi connectivity index (χ1n) is 8.55. The lowest BCUT2D eigenvalue weighted by Crippen LogP contribution is -2.20. The predicted octanol–water partition coefficient (Wildman–Crippen LogP) is 2.44. The van der Waals surface area contributed by atoms with E-state index in [1.165, 1.54) is 28.3 Å². The summed E-state index contributed by atoms with van der Waals surface area (Å²) >= 11 is 0. The van der Waals surface area contributed by atoms with Gasteiger partial charge in [0.15, 0.2) is 0 Å². The summed E-state index contributed by atoms with van der Waals surface area (Å²) < 4.78 is 42.3. The second-order valence-electron chi connectivity index (χ2n) is 6.84. The molecule has 1 N–H and O–H groups in total. The second kappa shape index (κ2) is 6.90. The Morgan fingerprint density at radius 2 is 1.57 bits per heavy atom. The van der Waals surface area contributed by atoms with Crippen LogP contribution in [0.1, 0.15) is 13.8 Å². The number of aromatic nitrogens is 2. The van der Waals surface area contributed by atoms with E-state index in [2.05, 4.69) is 5.32 Å². The number of anilines is 1. The first-order chi connectivity index (χ1) is 13.0.